The molecule has 9 nitrogen and oxygen atoms in total. The lowest BCUT2D eigenvalue weighted by Crippen LogP contribution is -2.38. The number of anilines is 3. The van der Waals surface area contributed by atoms with Gasteiger partial charge in [0.2, 0.25) is 5.95 Å². The summed E-state index contributed by atoms with van der Waals surface area (Å²) in [6.07, 6.45) is 4.67. The van der Waals surface area contributed by atoms with Crippen LogP contribution in [0.3, 0.4) is 0 Å². The number of halogens is 1. The Hall–Kier alpha value is -3.68. The molecule has 2 aliphatic rings. The average Bonchev–Trinajstić information content (AvgIpc) is 3.35. The molecular formula is C25H27FN8O. The molecule has 0 aliphatic carbocycles. The van der Waals surface area contributed by atoms with Crippen molar-refractivity contribution in [2.75, 3.05) is 49.6 Å². The molecule has 0 aromatic carbocycles. The Morgan fingerprint density at radius 1 is 1.14 bits per heavy atom. The van der Waals surface area contributed by atoms with Gasteiger partial charge in [0.05, 0.1) is 48.6 Å². The first-order chi connectivity index (χ1) is 17.1. The Bertz CT molecular complexity index is 1210. The lowest BCUT2D eigenvalue weighted by molar-refractivity contribution is 0.0191. The summed E-state index contributed by atoms with van der Waals surface area (Å²) < 4.78 is 19.1. The molecule has 180 valence electrons. The fourth-order valence-electron chi connectivity index (χ4n) is 4.43. The first-order valence-corrected chi connectivity index (χ1v) is 11.8. The van der Waals surface area contributed by atoms with Gasteiger partial charge in [-0.3, -0.25) is 9.88 Å². The SMILES string of the molecule is CC(c1ccc(Nc2nccc(-c3cnc(N4CC[C@H](F)C4)c(C#N)c3)n2)cn1)N1CCOCC1. The van der Waals surface area contributed by atoms with Crippen LogP contribution in [0.5, 0.6) is 0 Å². The summed E-state index contributed by atoms with van der Waals surface area (Å²) in [6.45, 7) is 6.29. The predicted octanol–water partition coefficient (Wildman–Crippen LogP) is 3.49. The van der Waals surface area contributed by atoms with E-state index in [0.717, 1.165) is 37.7 Å². The van der Waals surface area contributed by atoms with Crippen LogP contribution in [-0.4, -0.2) is 70.4 Å². The molecule has 0 bridgehead atoms. The lowest BCUT2D eigenvalue weighted by Gasteiger charge is -2.31. The molecule has 5 rings (SSSR count). The van der Waals surface area contributed by atoms with Gasteiger partial charge < -0.3 is 15.0 Å². The highest BCUT2D eigenvalue weighted by Crippen LogP contribution is 2.28. The number of morpholine rings is 1. The van der Waals surface area contributed by atoms with Gasteiger partial charge in [-0.15, -0.1) is 0 Å². The Balaban J connectivity index is 1.30. The second-order valence-corrected chi connectivity index (χ2v) is 8.73. The molecule has 2 saturated heterocycles. The van der Waals surface area contributed by atoms with Crippen molar-refractivity contribution in [3.8, 4) is 17.3 Å². The van der Waals surface area contributed by atoms with Crippen molar-refractivity contribution in [3.63, 3.8) is 0 Å². The topological polar surface area (TPSA) is 103 Å². The minimum Gasteiger partial charge on any atom is -0.379 e. The standard InChI is InChI=1S/C25H27FN8O/c1-17(33-8-10-35-11-9-33)22-3-2-21(15-29-22)31-25-28-6-4-23(32-25)19-12-18(13-27)24(30-14-19)34-7-5-20(26)16-34/h2-4,6,12,14-15,17,20H,5,7-11,16H2,1H3,(H,28,31,32)/t17?,20-/m0/s1. The number of aromatic nitrogens is 4. The monoisotopic (exact) mass is 474 g/mol. The molecule has 2 atom stereocenters. The summed E-state index contributed by atoms with van der Waals surface area (Å²) in [5, 5.41) is 12.8. The van der Waals surface area contributed by atoms with Crippen LogP contribution < -0.4 is 10.2 Å². The Kier molecular flexibility index (Phi) is 6.79. The molecule has 0 amide bonds. The summed E-state index contributed by atoms with van der Waals surface area (Å²) >= 11 is 0. The number of nitrogens with one attached hydrogen (secondary N) is 1. The first-order valence-electron chi connectivity index (χ1n) is 11.8. The Labute approximate surface area is 203 Å². The quantitative estimate of drug-likeness (QED) is 0.575. The number of nitrogens with zero attached hydrogens (tertiary/aromatic N) is 7. The number of alkyl halides is 1. The van der Waals surface area contributed by atoms with Crippen LogP contribution in [0.4, 0.5) is 21.8 Å². The van der Waals surface area contributed by atoms with Crippen LogP contribution in [0, 0.1) is 11.3 Å². The third kappa shape index (κ3) is 5.21. The molecule has 1 N–H and O–H groups in total. The number of hydrogen-bond donors (Lipinski definition) is 1. The van der Waals surface area contributed by atoms with Crippen molar-refractivity contribution in [1.82, 2.24) is 24.8 Å². The molecule has 3 aromatic heterocycles. The molecule has 0 radical (unpaired) electrons. The molecular weight excluding hydrogens is 447 g/mol. The number of nitriles is 1. The molecule has 2 fully saturated rings. The maximum absolute atomic E-state index is 13.6. The van der Waals surface area contributed by atoms with Crippen LogP contribution in [-0.2, 0) is 4.74 Å². The second kappa shape index (κ2) is 10.3. The summed E-state index contributed by atoms with van der Waals surface area (Å²) in [5.41, 5.74) is 3.51. The molecule has 5 heterocycles. The first kappa shape index (κ1) is 23.1. The number of rotatable bonds is 6. The van der Waals surface area contributed by atoms with Crippen molar-refractivity contribution >= 4 is 17.5 Å². The maximum atomic E-state index is 13.6. The van der Waals surface area contributed by atoms with Gasteiger partial charge in [-0.25, -0.2) is 19.3 Å². The van der Waals surface area contributed by atoms with E-state index in [0.29, 0.717) is 41.6 Å². The summed E-state index contributed by atoms with van der Waals surface area (Å²) in [5.74, 6) is 0.932. The van der Waals surface area contributed by atoms with Crippen LogP contribution in [0.2, 0.25) is 0 Å². The van der Waals surface area contributed by atoms with Crippen LogP contribution in [0.25, 0.3) is 11.3 Å². The van der Waals surface area contributed by atoms with Crippen molar-refractivity contribution < 1.29 is 9.13 Å². The third-order valence-electron chi connectivity index (χ3n) is 6.43. The predicted molar refractivity (Wildman–Crippen MR) is 130 cm³/mol. The zero-order chi connectivity index (χ0) is 24.2. The van der Waals surface area contributed by atoms with E-state index in [9.17, 15) is 9.65 Å². The molecule has 0 spiro atoms. The Morgan fingerprint density at radius 2 is 2.00 bits per heavy atom. The molecule has 10 heteroatoms. The van der Waals surface area contributed by atoms with E-state index in [1.807, 2.05) is 17.0 Å². The zero-order valence-electron chi connectivity index (χ0n) is 19.6. The normalized spacial score (nSPS) is 19.3. The van der Waals surface area contributed by atoms with Crippen LogP contribution in [0.1, 0.15) is 30.6 Å². The van der Waals surface area contributed by atoms with Gasteiger partial charge >= 0.3 is 0 Å². The van der Waals surface area contributed by atoms with E-state index in [4.69, 9.17) is 4.74 Å². The van der Waals surface area contributed by atoms with Gasteiger partial charge in [-0.05, 0) is 37.6 Å². The summed E-state index contributed by atoms with van der Waals surface area (Å²) in [7, 11) is 0. The van der Waals surface area contributed by atoms with E-state index >= 15 is 0 Å². The number of hydrogen-bond acceptors (Lipinski definition) is 9. The summed E-state index contributed by atoms with van der Waals surface area (Å²) in [6, 6.07) is 9.88. The summed E-state index contributed by atoms with van der Waals surface area (Å²) in [4.78, 5) is 22.2. The van der Waals surface area contributed by atoms with E-state index in [2.05, 4.69) is 43.1 Å². The molecule has 3 aromatic rings. The molecule has 35 heavy (non-hydrogen) atoms. The van der Waals surface area contributed by atoms with E-state index in [1.54, 1.807) is 30.7 Å². The number of ether oxygens (including phenoxy) is 1. The van der Waals surface area contributed by atoms with E-state index < -0.39 is 6.17 Å². The minimum atomic E-state index is -0.885. The zero-order valence-corrected chi connectivity index (χ0v) is 19.6. The largest absolute Gasteiger partial charge is 0.379 e. The van der Waals surface area contributed by atoms with E-state index in [1.165, 1.54) is 0 Å². The maximum Gasteiger partial charge on any atom is 0.227 e. The highest BCUT2D eigenvalue weighted by Gasteiger charge is 2.25. The van der Waals surface area contributed by atoms with Gasteiger partial charge in [-0.2, -0.15) is 5.26 Å². The van der Waals surface area contributed by atoms with Crippen LogP contribution >= 0.6 is 0 Å². The highest BCUT2D eigenvalue weighted by molar-refractivity contribution is 5.67. The van der Waals surface area contributed by atoms with Gasteiger partial charge in [0.25, 0.3) is 0 Å². The average molecular weight is 475 g/mol. The lowest BCUT2D eigenvalue weighted by atomic mass is 10.1. The van der Waals surface area contributed by atoms with Crippen molar-refractivity contribution in [2.45, 2.75) is 25.6 Å². The number of pyridine rings is 2. The van der Waals surface area contributed by atoms with E-state index in [-0.39, 0.29) is 12.6 Å². The van der Waals surface area contributed by atoms with Crippen molar-refractivity contribution in [1.29, 1.82) is 5.26 Å². The van der Waals surface area contributed by atoms with Crippen molar-refractivity contribution in [3.05, 3.63) is 54.1 Å². The molecule has 1 unspecified atom stereocenters. The highest BCUT2D eigenvalue weighted by atomic mass is 19.1. The molecule has 0 saturated carbocycles. The van der Waals surface area contributed by atoms with Gasteiger partial charge in [0.1, 0.15) is 18.1 Å². The van der Waals surface area contributed by atoms with Crippen LogP contribution in [0.15, 0.2) is 42.9 Å². The van der Waals surface area contributed by atoms with Gasteiger partial charge in [0, 0.05) is 43.6 Å². The van der Waals surface area contributed by atoms with Gasteiger partial charge in [0.15, 0.2) is 0 Å². The molecule has 2 aliphatic heterocycles. The fourth-order valence-corrected chi connectivity index (χ4v) is 4.43. The van der Waals surface area contributed by atoms with Crippen molar-refractivity contribution in [2.24, 2.45) is 0 Å². The smallest absolute Gasteiger partial charge is 0.227 e. The fraction of sp³-hybridized carbons (Fsp3) is 0.400. The third-order valence-corrected chi connectivity index (χ3v) is 6.43. The second-order valence-electron chi connectivity index (χ2n) is 8.73. The minimum absolute atomic E-state index is 0.216. The Morgan fingerprint density at radius 3 is 2.71 bits per heavy atom. The van der Waals surface area contributed by atoms with Gasteiger partial charge in [-0.1, -0.05) is 0 Å².